The number of carboxylic acids is 1. The van der Waals surface area contributed by atoms with Gasteiger partial charge in [0.15, 0.2) is 23.1 Å². The number of aromatic carboxylic acids is 1. The number of nitrogens with zero attached hydrogens (tertiary/aromatic N) is 4. The first-order valence-corrected chi connectivity index (χ1v) is 12.4. The van der Waals surface area contributed by atoms with Crippen LogP contribution in [0.2, 0.25) is 0 Å². The highest BCUT2D eigenvalue weighted by atomic mass is 19.3. The molecular formula is C26H26F3N5O6. The molecule has 1 aromatic carbocycles. The molecule has 0 amide bonds. The molecule has 0 spiro atoms. The molecule has 14 heteroatoms. The molecule has 11 nitrogen and oxygen atoms in total. The van der Waals surface area contributed by atoms with Gasteiger partial charge >= 0.3 is 12.6 Å². The van der Waals surface area contributed by atoms with Crippen LogP contribution in [0.15, 0.2) is 40.4 Å². The number of ether oxygens (including phenoxy) is 2. The van der Waals surface area contributed by atoms with Crippen LogP contribution in [0, 0.1) is 11.7 Å². The number of fused-ring (bicyclic) bond motifs is 1. The summed E-state index contributed by atoms with van der Waals surface area (Å²) in [6.07, 6.45) is 2.87. The van der Waals surface area contributed by atoms with Crippen LogP contribution in [-0.2, 0) is 11.4 Å². The lowest BCUT2D eigenvalue weighted by atomic mass is 10.1. The number of methoxy groups -OCH3 is 1. The van der Waals surface area contributed by atoms with Crippen molar-refractivity contribution >= 4 is 28.5 Å². The summed E-state index contributed by atoms with van der Waals surface area (Å²) in [5.41, 5.74) is 6.07. The number of pyridine rings is 2. The van der Waals surface area contributed by atoms with Crippen LogP contribution in [0.4, 0.5) is 19.0 Å². The van der Waals surface area contributed by atoms with Crippen LogP contribution in [-0.4, -0.2) is 59.7 Å². The fourth-order valence-electron chi connectivity index (χ4n) is 4.66. The van der Waals surface area contributed by atoms with Crippen molar-refractivity contribution < 1.29 is 37.4 Å². The zero-order valence-electron chi connectivity index (χ0n) is 21.3. The number of oxime groups is 1. The molecule has 3 aromatic rings. The van der Waals surface area contributed by atoms with Crippen molar-refractivity contribution in [1.29, 1.82) is 0 Å². The molecule has 3 heterocycles. The number of hydrogen-bond acceptors (Lipinski definition) is 9. The lowest BCUT2D eigenvalue weighted by Crippen LogP contribution is -2.26. The predicted octanol–water partition coefficient (Wildman–Crippen LogP) is 3.15. The second-order valence-electron chi connectivity index (χ2n) is 9.51. The Morgan fingerprint density at radius 1 is 1.27 bits per heavy atom. The van der Waals surface area contributed by atoms with Gasteiger partial charge in [-0.05, 0) is 36.6 Å². The summed E-state index contributed by atoms with van der Waals surface area (Å²) in [4.78, 5) is 35.9. The van der Waals surface area contributed by atoms with Gasteiger partial charge in [-0.15, -0.1) is 0 Å². The van der Waals surface area contributed by atoms with E-state index in [1.165, 1.54) is 31.5 Å². The number of alkyl halides is 2. The zero-order valence-corrected chi connectivity index (χ0v) is 21.3. The van der Waals surface area contributed by atoms with E-state index in [9.17, 15) is 23.5 Å². The molecule has 5 rings (SSSR count). The molecule has 1 atom stereocenters. The molecular weight excluding hydrogens is 535 g/mol. The fourth-order valence-corrected chi connectivity index (χ4v) is 4.66. The van der Waals surface area contributed by atoms with Gasteiger partial charge in [0.25, 0.3) is 0 Å². The van der Waals surface area contributed by atoms with E-state index in [4.69, 9.17) is 15.3 Å². The first-order chi connectivity index (χ1) is 19.2. The molecule has 3 N–H and O–H groups in total. The number of nitrogens with two attached hydrogens (primary N) is 1. The fraction of sp³-hybridized carbons (Fsp3) is 0.385. The summed E-state index contributed by atoms with van der Waals surface area (Å²) in [6.45, 7) is -2.35. The van der Waals surface area contributed by atoms with Crippen LogP contribution in [0.1, 0.15) is 34.8 Å². The number of hydrogen-bond donors (Lipinski definition) is 2. The maximum atomic E-state index is 15.3. The van der Waals surface area contributed by atoms with Crippen LogP contribution >= 0.6 is 0 Å². The van der Waals surface area contributed by atoms with E-state index in [0.29, 0.717) is 17.8 Å². The second-order valence-corrected chi connectivity index (χ2v) is 9.51. The minimum atomic E-state index is -2.99. The third kappa shape index (κ3) is 5.39. The summed E-state index contributed by atoms with van der Waals surface area (Å²) in [6, 6.07) is 5.38. The summed E-state index contributed by atoms with van der Waals surface area (Å²) < 4.78 is 51.5. The molecule has 1 aliphatic heterocycles. The van der Waals surface area contributed by atoms with Gasteiger partial charge in [0.2, 0.25) is 5.43 Å². The standard InChI is InChI=1S/C26H26F3N5O6/c1-38-21-6-13(2-5-20(21)40-26(28)29)12-39-32-19-11-33(9-14(19)8-30)24-18(27)7-16-22(35)17(25(36)37)10-34(15-3-4-15)23(16)31-24/h2,5-7,10,14-15,26H,3-4,8-9,11-12,30H2,1H3,(H,36,37)/b32-19+. The van der Waals surface area contributed by atoms with Gasteiger partial charge in [0, 0.05) is 31.2 Å². The van der Waals surface area contributed by atoms with Crippen molar-refractivity contribution in [3.8, 4) is 11.5 Å². The maximum Gasteiger partial charge on any atom is 0.387 e. The van der Waals surface area contributed by atoms with Gasteiger partial charge < -0.3 is 34.6 Å². The summed E-state index contributed by atoms with van der Waals surface area (Å²) in [7, 11) is 1.33. The Morgan fingerprint density at radius 2 is 2.05 bits per heavy atom. The van der Waals surface area contributed by atoms with Gasteiger partial charge in [-0.2, -0.15) is 8.78 Å². The van der Waals surface area contributed by atoms with Crippen molar-refractivity contribution in [3.63, 3.8) is 0 Å². The predicted molar refractivity (Wildman–Crippen MR) is 138 cm³/mol. The number of halogens is 3. The average Bonchev–Trinajstić information content (AvgIpc) is 3.68. The zero-order chi connectivity index (χ0) is 28.6. The van der Waals surface area contributed by atoms with E-state index < -0.39 is 29.4 Å². The third-order valence-electron chi connectivity index (χ3n) is 6.82. The second kappa shape index (κ2) is 11.0. The van der Waals surface area contributed by atoms with Crippen molar-refractivity contribution in [2.45, 2.75) is 32.1 Å². The number of carbonyl (C=O) groups is 1. The Bertz CT molecular complexity index is 1540. The van der Waals surface area contributed by atoms with Crippen molar-refractivity contribution in [1.82, 2.24) is 9.55 Å². The summed E-state index contributed by atoms with van der Waals surface area (Å²) in [5.74, 6) is -2.43. The number of benzene rings is 1. The maximum absolute atomic E-state index is 15.3. The Hall–Kier alpha value is -4.33. The molecule has 1 saturated heterocycles. The molecule has 2 fully saturated rings. The quantitative estimate of drug-likeness (QED) is 0.357. The average molecular weight is 562 g/mol. The number of aromatic nitrogens is 2. The van der Waals surface area contributed by atoms with Gasteiger partial charge in [-0.25, -0.2) is 14.2 Å². The van der Waals surface area contributed by atoms with Crippen molar-refractivity contribution in [3.05, 3.63) is 57.6 Å². The van der Waals surface area contributed by atoms with Gasteiger partial charge in [0.1, 0.15) is 17.8 Å². The molecule has 1 saturated carbocycles. The third-order valence-corrected chi connectivity index (χ3v) is 6.82. The van der Waals surface area contributed by atoms with Gasteiger partial charge in [0.05, 0.1) is 24.8 Å². The Balaban J connectivity index is 1.38. The molecule has 0 bridgehead atoms. The Morgan fingerprint density at radius 3 is 2.70 bits per heavy atom. The van der Waals surface area contributed by atoms with Gasteiger partial charge in [-0.3, -0.25) is 4.79 Å². The molecule has 2 aromatic heterocycles. The summed E-state index contributed by atoms with van der Waals surface area (Å²) >= 11 is 0. The van der Waals surface area contributed by atoms with Crippen molar-refractivity contribution in [2.24, 2.45) is 16.8 Å². The first-order valence-electron chi connectivity index (χ1n) is 12.4. The normalized spacial score (nSPS) is 18.1. The molecule has 212 valence electrons. The lowest BCUT2D eigenvalue weighted by Gasteiger charge is -2.19. The van der Waals surface area contributed by atoms with E-state index >= 15 is 4.39 Å². The Labute approximate surface area is 225 Å². The van der Waals surface area contributed by atoms with Crippen LogP contribution in [0.3, 0.4) is 0 Å². The van der Waals surface area contributed by atoms with Crippen LogP contribution in [0.5, 0.6) is 11.5 Å². The van der Waals surface area contributed by atoms with E-state index in [2.05, 4.69) is 14.9 Å². The van der Waals surface area contributed by atoms with E-state index in [-0.39, 0.29) is 60.0 Å². The van der Waals surface area contributed by atoms with E-state index in [1.807, 2.05) is 0 Å². The lowest BCUT2D eigenvalue weighted by molar-refractivity contribution is -0.0512. The number of rotatable bonds is 10. The first kappa shape index (κ1) is 27.2. The molecule has 2 aliphatic rings. The molecule has 40 heavy (non-hydrogen) atoms. The highest BCUT2D eigenvalue weighted by Crippen LogP contribution is 2.37. The highest BCUT2D eigenvalue weighted by molar-refractivity contribution is 5.95. The summed E-state index contributed by atoms with van der Waals surface area (Å²) in [5, 5.41) is 13.5. The van der Waals surface area contributed by atoms with E-state index in [1.54, 1.807) is 9.47 Å². The molecule has 1 unspecified atom stereocenters. The SMILES string of the molecule is COc1cc(CO/N=C2\CN(c3nc4c(cc3F)c(=O)c(C(=O)O)cn4C3CC3)CC2CN)ccc1OC(F)F. The van der Waals surface area contributed by atoms with Crippen molar-refractivity contribution in [2.75, 3.05) is 31.6 Å². The minimum Gasteiger partial charge on any atom is -0.493 e. The highest BCUT2D eigenvalue weighted by Gasteiger charge is 2.33. The minimum absolute atomic E-state index is 0.00568. The molecule has 1 aliphatic carbocycles. The monoisotopic (exact) mass is 561 g/mol. The smallest absolute Gasteiger partial charge is 0.387 e. The number of carboxylic acid groups (broad SMARTS) is 1. The Kier molecular flexibility index (Phi) is 7.52. The van der Waals surface area contributed by atoms with Crippen LogP contribution < -0.4 is 25.5 Å². The largest absolute Gasteiger partial charge is 0.493 e. The topological polar surface area (TPSA) is 142 Å². The van der Waals surface area contributed by atoms with Gasteiger partial charge in [-0.1, -0.05) is 11.2 Å². The molecule has 0 radical (unpaired) electrons. The van der Waals surface area contributed by atoms with E-state index in [0.717, 1.165) is 18.9 Å². The number of anilines is 1. The van der Waals surface area contributed by atoms with Crippen LogP contribution in [0.25, 0.3) is 11.0 Å².